The minimum absolute atomic E-state index is 0.0369. The van der Waals surface area contributed by atoms with E-state index in [1.807, 2.05) is 46.3 Å². The van der Waals surface area contributed by atoms with Crippen LogP contribution < -0.4 is 10.2 Å². The lowest BCUT2D eigenvalue weighted by atomic mass is 10.1. The van der Waals surface area contributed by atoms with Crippen molar-refractivity contribution in [3.05, 3.63) is 66.1 Å². The summed E-state index contributed by atoms with van der Waals surface area (Å²) in [5.41, 5.74) is 3.92. The molecule has 6 heterocycles. The van der Waals surface area contributed by atoms with Crippen molar-refractivity contribution in [2.24, 2.45) is 0 Å². The van der Waals surface area contributed by atoms with E-state index in [1.54, 1.807) is 21.6 Å². The highest BCUT2D eigenvalue weighted by Crippen LogP contribution is 2.35. The van der Waals surface area contributed by atoms with E-state index in [-0.39, 0.29) is 30.4 Å². The van der Waals surface area contributed by atoms with Crippen LogP contribution in [0.3, 0.4) is 0 Å². The number of rotatable bonds is 7. The number of amides is 2. The summed E-state index contributed by atoms with van der Waals surface area (Å²) in [5, 5.41) is 21.3. The van der Waals surface area contributed by atoms with Gasteiger partial charge in [0, 0.05) is 69.3 Å². The third-order valence-corrected chi connectivity index (χ3v) is 8.90. The summed E-state index contributed by atoms with van der Waals surface area (Å²) in [6, 6.07) is 13.8. The predicted molar refractivity (Wildman–Crippen MR) is 164 cm³/mol. The maximum Gasteiger partial charge on any atom is 0.254 e. The number of carbonyl (C=O) groups excluding carboxylic acids is 2. The van der Waals surface area contributed by atoms with Crippen molar-refractivity contribution in [2.45, 2.75) is 37.9 Å². The first-order chi connectivity index (χ1) is 21.4. The normalized spacial score (nSPS) is 20.2. The molecule has 13 heteroatoms. The van der Waals surface area contributed by atoms with E-state index in [2.05, 4.69) is 44.5 Å². The number of likely N-dealkylation sites (N-methyl/N-ethyl adjacent to an activating group) is 1. The lowest BCUT2D eigenvalue weighted by Gasteiger charge is -2.42. The number of aromatic nitrogens is 5. The third-order valence-electron chi connectivity index (χ3n) is 8.90. The van der Waals surface area contributed by atoms with Gasteiger partial charge in [0.05, 0.1) is 30.1 Å². The number of benzene rings is 1. The van der Waals surface area contributed by atoms with Gasteiger partial charge in [0.2, 0.25) is 11.9 Å². The number of hydrogen-bond donors (Lipinski definition) is 1. The maximum atomic E-state index is 13.6. The molecule has 2 amide bonds. The summed E-state index contributed by atoms with van der Waals surface area (Å²) in [4.78, 5) is 39.6. The molecular formula is C31H35N11O2. The van der Waals surface area contributed by atoms with Gasteiger partial charge in [0.25, 0.3) is 5.91 Å². The summed E-state index contributed by atoms with van der Waals surface area (Å²) in [6.07, 6.45) is 7.54. The van der Waals surface area contributed by atoms with Crippen molar-refractivity contribution in [3.63, 3.8) is 0 Å². The van der Waals surface area contributed by atoms with Gasteiger partial charge >= 0.3 is 0 Å². The summed E-state index contributed by atoms with van der Waals surface area (Å²) in [7, 11) is 2.07. The van der Waals surface area contributed by atoms with E-state index in [0.29, 0.717) is 36.7 Å². The van der Waals surface area contributed by atoms with Crippen LogP contribution in [0.25, 0.3) is 5.65 Å². The van der Waals surface area contributed by atoms with Crippen molar-refractivity contribution >= 4 is 34.8 Å². The molecule has 0 radical (unpaired) electrons. The number of pyridine rings is 1. The van der Waals surface area contributed by atoms with Crippen molar-refractivity contribution in [1.82, 2.24) is 39.1 Å². The molecule has 0 spiro atoms. The molecular weight excluding hydrogens is 558 g/mol. The zero-order valence-electron chi connectivity index (χ0n) is 24.7. The quantitative estimate of drug-likeness (QED) is 0.342. The van der Waals surface area contributed by atoms with E-state index in [4.69, 9.17) is 10.2 Å². The van der Waals surface area contributed by atoms with Gasteiger partial charge in [-0.1, -0.05) is 12.1 Å². The standard InChI is InChI=1S/C31H35N11O2/c1-37-12-14-38(15-13-37)28(43)21-40-18-24(17-33-40)34-31-35-29-27(6-3-11-41(29)36-31)39-19-25-7-8-26(20-39)42(25)30(44)23-5-2-4-22(16-23)9-10-32/h2-6,11,16-18,25-26H,7-9,12-15,19-21H2,1H3,(H,34,36). The number of fused-ring (bicyclic) bond motifs is 3. The average Bonchev–Trinajstić information content (AvgIpc) is 3.72. The molecule has 3 saturated heterocycles. The molecule has 3 aliphatic rings. The Bertz CT molecular complexity index is 1720. The van der Waals surface area contributed by atoms with Gasteiger partial charge < -0.3 is 24.9 Å². The lowest BCUT2D eigenvalue weighted by Crippen LogP contribution is -2.56. The van der Waals surface area contributed by atoms with Crippen LogP contribution in [-0.4, -0.2) is 109 Å². The highest BCUT2D eigenvalue weighted by molar-refractivity contribution is 5.95. The van der Waals surface area contributed by atoms with Gasteiger partial charge in [-0.25, -0.2) is 4.52 Å². The van der Waals surface area contributed by atoms with Crippen LogP contribution >= 0.6 is 0 Å². The molecule has 3 aromatic heterocycles. The van der Waals surface area contributed by atoms with Crippen LogP contribution in [0.5, 0.6) is 0 Å². The minimum Gasteiger partial charge on any atom is -0.364 e. The Morgan fingerprint density at radius 1 is 1.07 bits per heavy atom. The molecule has 2 atom stereocenters. The molecule has 226 valence electrons. The summed E-state index contributed by atoms with van der Waals surface area (Å²) in [5.74, 6) is 0.540. The number of anilines is 3. The highest BCUT2D eigenvalue weighted by Gasteiger charge is 2.43. The van der Waals surface area contributed by atoms with Crippen LogP contribution in [-0.2, 0) is 17.8 Å². The van der Waals surface area contributed by atoms with Crippen LogP contribution in [0.1, 0.15) is 28.8 Å². The first kappa shape index (κ1) is 27.8. The van der Waals surface area contributed by atoms with E-state index in [9.17, 15) is 9.59 Å². The zero-order valence-corrected chi connectivity index (χ0v) is 24.7. The Morgan fingerprint density at radius 2 is 1.86 bits per heavy atom. The van der Waals surface area contributed by atoms with Crippen molar-refractivity contribution in [1.29, 1.82) is 5.26 Å². The molecule has 3 fully saturated rings. The van der Waals surface area contributed by atoms with E-state index in [1.165, 1.54) is 0 Å². The smallest absolute Gasteiger partial charge is 0.254 e. The third kappa shape index (κ3) is 5.44. The average molecular weight is 594 g/mol. The van der Waals surface area contributed by atoms with Gasteiger partial charge in [0.15, 0.2) is 5.65 Å². The molecule has 1 N–H and O–H groups in total. The molecule has 2 unspecified atom stereocenters. The molecule has 13 nitrogen and oxygen atoms in total. The first-order valence-corrected chi connectivity index (χ1v) is 15.1. The summed E-state index contributed by atoms with van der Waals surface area (Å²) < 4.78 is 3.40. The molecule has 0 aliphatic carbocycles. The Hall–Kier alpha value is -4.96. The monoisotopic (exact) mass is 593 g/mol. The Morgan fingerprint density at radius 3 is 2.64 bits per heavy atom. The molecule has 4 aromatic rings. The number of nitrogens with one attached hydrogen (secondary N) is 1. The molecule has 3 aliphatic heterocycles. The fourth-order valence-electron chi connectivity index (χ4n) is 6.62. The molecule has 0 saturated carbocycles. The zero-order chi connectivity index (χ0) is 30.2. The second kappa shape index (κ2) is 11.6. The Labute approximate surface area is 255 Å². The highest BCUT2D eigenvalue weighted by atomic mass is 16.2. The maximum absolute atomic E-state index is 13.6. The summed E-state index contributed by atoms with van der Waals surface area (Å²) in [6.45, 7) is 4.85. The van der Waals surface area contributed by atoms with E-state index < -0.39 is 0 Å². The fraction of sp³-hybridized carbons (Fsp3) is 0.419. The van der Waals surface area contributed by atoms with Crippen molar-refractivity contribution in [3.8, 4) is 6.07 Å². The SMILES string of the molecule is CN1CCN(C(=O)Cn2cc(Nc3nc4c(N5CC6CCC(C5)N6C(=O)c5cccc(CC#N)c5)cccn4n3)cn2)CC1. The van der Waals surface area contributed by atoms with Crippen LogP contribution in [0.2, 0.25) is 0 Å². The second-order valence-electron chi connectivity index (χ2n) is 11.9. The van der Waals surface area contributed by atoms with E-state index in [0.717, 1.165) is 55.9 Å². The number of nitrogens with zero attached hydrogens (tertiary/aromatic N) is 10. The number of nitriles is 1. The Kier molecular flexibility index (Phi) is 7.35. The molecule has 44 heavy (non-hydrogen) atoms. The fourth-order valence-corrected chi connectivity index (χ4v) is 6.62. The minimum atomic E-state index is 0.0369. The molecule has 7 rings (SSSR count). The van der Waals surface area contributed by atoms with Gasteiger partial charge in [-0.05, 0) is 49.7 Å². The number of carbonyl (C=O) groups is 2. The van der Waals surface area contributed by atoms with E-state index >= 15 is 0 Å². The van der Waals surface area contributed by atoms with Crippen molar-refractivity contribution < 1.29 is 9.59 Å². The predicted octanol–water partition coefficient (Wildman–Crippen LogP) is 2.00. The van der Waals surface area contributed by atoms with Crippen molar-refractivity contribution in [2.75, 3.05) is 56.5 Å². The number of hydrogen-bond acceptors (Lipinski definition) is 9. The second-order valence-corrected chi connectivity index (χ2v) is 11.9. The van der Waals surface area contributed by atoms with Crippen LogP contribution in [0.4, 0.5) is 17.3 Å². The van der Waals surface area contributed by atoms with Crippen LogP contribution in [0, 0.1) is 11.3 Å². The van der Waals surface area contributed by atoms with Crippen LogP contribution in [0.15, 0.2) is 55.0 Å². The largest absolute Gasteiger partial charge is 0.364 e. The molecule has 2 bridgehead atoms. The first-order valence-electron chi connectivity index (χ1n) is 15.1. The molecule has 1 aromatic carbocycles. The van der Waals surface area contributed by atoms with Gasteiger partial charge in [0.1, 0.15) is 6.54 Å². The Balaban J connectivity index is 1.03. The number of piperazine rings is 2. The van der Waals surface area contributed by atoms with Gasteiger partial charge in [-0.2, -0.15) is 15.3 Å². The van der Waals surface area contributed by atoms with Gasteiger partial charge in [-0.3, -0.25) is 14.3 Å². The topological polar surface area (TPSA) is 131 Å². The lowest BCUT2D eigenvalue weighted by molar-refractivity contribution is -0.133. The summed E-state index contributed by atoms with van der Waals surface area (Å²) >= 11 is 0. The van der Waals surface area contributed by atoms with Gasteiger partial charge in [-0.15, -0.1) is 5.10 Å².